The maximum atomic E-state index is 5.31. The molecule has 0 aliphatic heterocycles. The molecule has 2 aromatic rings. The molecule has 0 atom stereocenters. The Labute approximate surface area is 114 Å². The smallest absolute Gasteiger partial charge is 0.142 e. The van der Waals surface area contributed by atoms with E-state index in [1.165, 1.54) is 4.88 Å². The maximum absolute atomic E-state index is 5.31. The molecule has 4 heteroatoms. The summed E-state index contributed by atoms with van der Waals surface area (Å²) in [5.74, 6) is 0.874. The van der Waals surface area contributed by atoms with Crippen molar-refractivity contribution in [3.8, 4) is 5.75 Å². The average molecular weight is 312 g/mol. The third-order valence-electron chi connectivity index (χ3n) is 2.43. The van der Waals surface area contributed by atoms with Crippen LogP contribution in [0.3, 0.4) is 0 Å². The van der Waals surface area contributed by atoms with Crippen LogP contribution in [0.5, 0.6) is 5.75 Å². The molecule has 0 aliphatic rings. The van der Waals surface area contributed by atoms with Crippen molar-refractivity contribution < 1.29 is 4.74 Å². The number of anilines is 1. The van der Waals surface area contributed by atoms with E-state index in [-0.39, 0.29) is 0 Å². The minimum absolute atomic E-state index is 0.874. The van der Waals surface area contributed by atoms with Crippen molar-refractivity contribution in [2.45, 2.75) is 6.42 Å². The first-order valence-electron chi connectivity index (χ1n) is 5.39. The molecule has 90 valence electrons. The number of methoxy groups -OCH3 is 1. The largest absolute Gasteiger partial charge is 0.495 e. The summed E-state index contributed by atoms with van der Waals surface area (Å²) in [6.07, 6.45) is 1.04. The van der Waals surface area contributed by atoms with Gasteiger partial charge in [-0.15, -0.1) is 11.3 Å². The van der Waals surface area contributed by atoms with E-state index in [1.807, 2.05) is 18.2 Å². The zero-order valence-corrected chi connectivity index (χ0v) is 12.0. The molecular weight excluding hydrogens is 298 g/mol. The van der Waals surface area contributed by atoms with Crippen molar-refractivity contribution in [2.24, 2.45) is 0 Å². The fourth-order valence-electron chi connectivity index (χ4n) is 1.59. The minimum atomic E-state index is 0.874. The summed E-state index contributed by atoms with van der Waals surface area (Å²) in [5, 5.41) is 5.50. The van der Waals surface area contributed by atoms with Gasteiger partial charge in [0, 0.05) is 15.9 Å². The average Bonchev–Trinajstić information content (AvgIpc) is 2.82. The fourth-order valence-corrected chi connectivity index (χ4v) is 2.66. The van der Waals surface area contributed by atoms with Crippen molar-refractivity contribution >= 4 is 33.0 Å². The molecule has 2 nitrogen and oxygen atoms in total. The molecular formula is C13H14BrNOS. The van der Waals surface area contributed by atoms with Crippen LogP contribution in [0.1, 0.15) is 4.88 Å². The molecule has 0 radical (unpaired) electrons. The molecule has 1 aromatic heterocycles. The van der Waals surface area contributed by atoms with Crippen molar-refractivity contribution in [1.29, 1.82) is 0 Å². The van der Waals surface area contributed by atoms with E-state index in [1.54, 1.807) is 18.4 Å². The van der Waals surface area contributed by atoms with Crippen LogP contribution in [0.4, 0.5) is 5.69 Å². The minimum Gasteiger partial charge on any atom is -0.495 e. The van der Waals surface area contributed by atoms with Crippen molar-refractivity contribution in [3.63, 3.8) is 0 Å². The van der Waals surface area contributed by atoms with Gasteiger partial charge in [0.1, 0.15) is 5.75 Å². The van der Waals surface area contributed by atoms with Gasteiger partial charge in [0.15, 0.2) is 0 Å². The predicted molar refractivity (Wildman–Crippen MR) is 77.2 cm³/mol. The Hall–Kier alpha value is -1.00. The number of rotatable bonds is 5. The second-order valence-corrected chi connectivity index (χ2v) is 5.55. The zero-order chi connectivity index (χ0) is 12.1. The van der Waals surface area contributed by atoms with Crippen molar-refractivity contribution in [1.82, 2.24) is 0 Å². The van der Waals surface area contributed by atoms with Gasteiger partial charge in [-0.3, -0.25) is 0 Å². The zero-order valence-electron chi connectivity index (χ0n) is 9.57. The van der Waals surface area contributed by atoms with Crippen LogP contribution < -0.4 is 10.1 Å². The van der Waals surface area contributed by atoms with Crippen LogP contribution in [0.2, 0.25) is 0 Å². The first-order valence-corrected chi connectivity index (χ1v) is 7.06. The van der Waals surface area contributed by atoms with Gasteiger partial charge >= 0.3 is 0 Å². The number of hydrogen-bond acceptors (Lipinski definition) is 3. The molecule has 2 rings (SSSR count). The summed E-state index contributed by atoms with van der Waals surface area (Å²) in [7, 11) is 1.69. The van der Waals surface area contributed by atoms with Gasteiger partial charge in [-0.25, -0.2) is 0 Å². The van der Waals surface area contributed by atoms with Crippen molar-refractivity contribution in [2.75, 3.05) is 19.0 Å². The van der Waals surface area contributed by atoms with Gasteiger partial charge in [0.05, 0.1) is 12.8 Å². The van der Waals surface area contributed by atoms with E-state index in [0.717, 1.165) is 28.9 Å². The van der Waals surface area contributed by atoms with Gasteiger partial charge in [-0.2, -0.15) is 0 Å². The van der Waals surface area contributed by atoms with Gasteiger partial charge < -0.3 is 10.1 Å². The Kier molecular flexibility index (Phi) is 4.45. The summed E-state index contributed by atoms with van der Waals surface area (Å²) < 4.78 is 6.36. The van der Waals surface area contributed by atoms with Gasteiger partial charge in [-0.05, 0) is 36.1 Å². The summed E-state index contributed by atoms with van der Waals surface area (Å²) in [6, 6.07) is 10.2. The van der Waals surface area contributed by atoms with E-state index in [2.05, 4.69) is 38.8 Å². The molecule has 0 spiro atoms. The molecule has 0 amide bonds. The number of benzene rings is 1. The Bertz CT molecular complexity index is 470. The number of thiophene rings is 1. The first kappa shape index (κ1) is 12.5. The Morgan fingerprint density at radius 1 is 1.35 bits per heavy atom. The quantitative estimate of drug-likeness (QED) is 0.894. The van der Waals surface area contributed by atoms with Crippen LogP contribution in [0.15, 0.2) is 40.2 Å². The van der Waals surface area contributed by atoms with Crippen LogP contribution in [0.25, 0.3) is 0 Å². The number of ether oxygens (including phenoxy) is 1. The topological polar surface area (TPSA) is 21.3 Å². The highest BCUT2D eigenvalue weighted by molar-refractivity contribution is 9.10. The highest BCUT2D eigenvalue weighted by Crippen LogP contribution is 2.27. The molecule has 1 heterocycles. The van der Waals surface area contributed by atoms with E-state index >= 15 is 0 Å². The lowest BCUT2D eigenvalue weighted by molar-refractivity contribution is 0.416. The van der Waals surface area contributed by atoms with Crippen LogP contribution in [-0.2, 0) is 6.42 Å². The van der Waals surface area contributed by atoms with E-state index in [0.29, 0.717) is 0 Å². The molecule has 1 aromatic carbocycles. The summed E-state index contributed by atoms with van der Waals surface area (Å²) >= 11 is 5.25. The second kappa shape index (κ2) is 6.07. The predicted octanol–water partition coefficient (Wildman–Crippen LogP) is 4.17. The molecule has 0 unspecified atom stereocenters. The second-order valence-electron chi connectivity index (χ2n) is 3.60. The molecule has 0 fully saturated rings. The summed E-state index contributed by atoms with van der Waals surface area (Å²) in [4.78, 5) is 1.39. The SMILES string of the molecule is COc1ccc(Br)cc1NCCc1cccs1. The number of halogens is 1. The monoisotopic (exact) mass is 311 g/mol. The van der Waals surface area contributed by atoms with Gasteiger partial charge in [0.25, 0.3) is 0 Å². The Morgan fingerprint density at radius 2 is 2.24 bits per heavy atom. The number of nitrogens with one attached hydrogen (secondary N) is 1. The number of hydrogen-bond donors (Lipinski definition) is 1. The highest BCUT2D eigenvalue weighted by Gasteiger charge is 2.03. The molecule has 17 heavy (non-hydrogen) atoms. The molecule has 0 saturated heterocycles. The van der Waals surface area contributed by atoms with Crippen LogP contribution in [-0.4, -0.2) is 13.7 Å². The van der Waals surface area contributed by atoms with Crippen LogP contribution >= 0.6 is 27.3 Å². The van der Waals surface area contributed by atoms with Gasteiger partial charge in [-0.1, -0.05) is 22.0 Å². The Balaban J connectivity index is 1.96. The summed E-state index contributed by atoms with van der Waals surface area (Å²) in [6.45, 7) is 0.910. The maximum Gasteiger partial charge on any atom is 0.142 e. The molecule has 0 bridgehead atoms. The van der Waals surface area contributed by atoms with E-state index in [4.69, 9.17) is 4.74 Å². The lowest BCUT2D eigenvalue weighted by Gasteiger charge is -2.11. The fraction of sp³-hybridized carbons (Fsp3) is 0.231. The third-order valence-corrected chi connectivity index (χ3v) is 3.86. The van der Waals surface area contributed by atoms with Crippen molar-refractivity contribution in [3.05, 3.63) is 45.1 Å². The van der Waals surface area contributed by atoms with E-state index < -0.39 is 0 Å². The highest BCUT2D eigenvalue weighted by atomic mass is 79.9. The van der Waals surface area contributed by atoms with Crippen LogP contribution in [0, 0.1) is 0 Å². The molecule has 0 saturated carbocycles. The molecule has 0 aliphatic carbocycles. The van der Waals surface area contributed by atoms with E-state index in [9.17, 15) is 0 Å². The van der Waals surface area contributed by atoms with Gasteiger partial charge in [0.2, 0.25) is 0 Å². The first-order chi connectivity index (χ1) is 8.29. The lowest BCUT2D eigenvalue weighted by atomic mass is 10.2. The third kappa shape index (κ3) is 3.48. The molecule has 1 N–H and O–H groups in total. The summed E-state index contributed by atoms with van der Waals surface area (Å²) in [5.41, 5.74) is 1.03. The Morgan fingerprint density at radius 3 is 2.94 bits per heavy atom. The lowest BCUT2D eigenvalue weighted by Crippen LogP contribution is -2.05. The normalized spacial score (nSPS) is 10.2. The standard InChI is InChI=1S/C13H14BrNOS/c1-16-13-5-4-10(14)9-12(13)15-7-6-11-3-2-8-17-11/h2-5,8-9,15H,6-7H2,1H3.